The number of para-hydroxylation sites is 1. The Hall–Kier alpha value is -3.70. The Labute approximate surface area is 241 Å². The van der Waals surface area contributed by atoms with Gasteiger partial charge in [-0.1, -0.05) is 18.2 Å². The first-order valence-electron chi connectivity index (χ1n) is 13.8. The number of nitrogens with one attached hydrogen (secondary N) is 1. The number of ether oxygens (including phenoxy) is 2. The van der Waals surface area contributed by atoms with Gasteiger partial charge in [-0.15, -0.1) is 11.3 Å². The van der Waals surface area contributed by atoms with Crippen LogP contribution in [0.5, 0.6) is 5.75 Å². The zero-order chi connectivity index (χ0) is 29.5. The highest BCUT2D eigenvalue weighted by Gasteiger charge is 2.37. The predicted molar refractivity (Wildman–Crippen MR) is 158 cm³/mol. The second kappa shape index (κ2) is 11.3. The summed E-state index contributed by atoms with van der Waals surface area (Å²) in [6.45, 7) is 8.96. The minimum absolute atomic E-state index is 0.0531. The van der Waals surface area contributed by atoms with Crippen LogP contribution in [0.25, 0.3) is 21.0 Å². The monoisotopic (exact) mass is 580 g/mol. The van der Waals surface area contributed by atoms with Gasteiger partial charge in [-0.3, -0.25) is 14.2 Å². The highest BCUT2D eigenvalue weighted by molar-refractivity contribution is 7.22. The van der Waals surface area contributed by atoms with Crippen LogP contribution in [0.1, 0.15) is 64.2 Å². The van der Waals surface area contributed by atoms with E-state index >= 15 is 0 Å². The summed E-state index contributed by atoms with van der Waals surface area (Å²) in [5.74, 6) is 0.613. The van der Waals surface area contributed by atoms with E-state index in [9.17, 15) is 14.4 Å². The van der Waals surface area contributed by atoms with E-state index in [1.54, 1.807) is 25.5 Å². The lowest BCUT2D eigenvalue weighted by atomic mass is 9.91. The summed E-state index contributed by atoms with van der Waals surface area (Å²) in [4.78, 5) is 47.4. The first-order valence-corrected chi connectivity index (χ1v) is 14.6. The van der Waals surface area contributed by atoms with Crippen LogP contribution in [0.2, 0.25) is 0 Å². The molecular formula is C30H36N4O6S. The summed E-state index contributed by atoms with van der Waals surface area (Å²) in [5, 5.41) is 3.36. The number of hydrogen-bond donors (Lipinski definition) is 1. The summed E-state index contributed by atoms with van der Waals surface area (Å²) in [6, 6.07) is 7.55. The van der Waals surface area contributed by atoms with Gasteiger partial charge in [0.15, 0.2) is 0 Å². The number of amides is 1. The van der Waals surface area contributed by atoms with Crippen LogP contribution in [0, 0.1) is 6.92 Å². The van der Waals surface area contributed by atoms with E-state index in [2.05, 4.69) is 10.3 Å². The fraction of sp³-hybridized carbons (Fsp3) is 0.467. The molecule has 1 N–H and O–H groups in total. The highest BCUT2D eigenvalue weighted by Crippen LogP contribution is 2.37. The molecule has 0 unspecified atom stereocenters. The molecule has 1 aliphatic carbocycles. The number of rotatable bonds is 10. The lowest BCUT2D eigenvalue weighted by molar-refractivity contribution is -0.130. The number of carbonyl (C=O) groups excluding carboxylic acids is 1. The number of fused-ring (bicyclic) bond motifs is 1. The van der Waals surface area contributed by atoms with Crippen LogP contribution in [-0.2, 0) is 21.6 Å². The molecule has 1 fully saturated rings. The van der Waals surface area contributed by atoms with Crippen molar-refractivity contribution in [3.8, 4) is 16.5 Å². The summed E-state index contributed by atoms with van der Waals surface area (Å²) in [6.07, 6.45) is 5.06. The number of benzene rings is 1. The van der Waals surface area contributed by atoms with Gasteiger partial charge in [0.2, 0.25) is 11.8 Å². The first kappa shape index (κ1) is 28.8. The smallest absolute Gasteiger partial charge is 0.333 e. The summed E-state index contributed by atoms with van der Waals surface area (Å²) >= 11 is 1.26. The van der Waals surface area contributed by atoms with E-state index in [1.807, 2.05) is 45.0 Å². The molecule has 218 valence electrons. The van der Waals surface area contributed by atoms with Crippen molar-refractivity contribution in [2.24, 2.45) is 0 Å². The molecule has 10 nitrogen and oxygen atoms in total. The zero-order valence-electron chi connectivity index (χ0n) is 24.2. The Morgan fingerprint density at radius 2 is 1.98 bits per heavy atom. The molecule has 0 bridgehead atoms. The number of hydrogen-bond acceptors (Lipinski definition) is 8. The number of carbonyl (C=O) groups is 1. The van der Waals surface area contributed by atoms with Crippen LogP contribution < -0.4 is 21.3 Å². The van der Waals surface area contributed by atoms with Gasteiger partial charge in [0.05, 0.1) is 36.2 Å². The highest BCUT2D eigenvalue weighted by atomic mass is 32.1. The molecule has 4 aromatic rings. The quantitative estimate of drug-likeness (QED) is 0.287. The van der Waals surface area contributed by atoms with Crippen molar-refractivity contribution < 1.29 is 18.7 Å². The number of nitrogens with zero attached hydrogens (tertiary/aromatic N) is 3. The molecule has 3 heterocycles. The minimum atomic E-state index is -1.45. The third-order valence-electron chi connectivity index (χ3n) is 7.66. The molecule has 11 heteroatoms. The predicted octanol–water partition coefficient (Wildman–Crippen LogP) is 4.77. The Balaban J connectivity index is 1.75. The van der Waals surface area contributed by atoms with Gasteiger partial charge in [0, 0.05) is 11.6 Å². The van der Waals surface area contributed by atoms with Gasteiger partial charge in [-0.05, 0) is 65.5 Å². The molecule has 0 spiro atoms. The van der Waals surface area contributed by atoms with Crippen LogP contribution >= 0.6 is 11.3 Å². The van der Waals surface area contributed by atoms with Crippen molar-refractivity contribution in [1.82, 2.24) is 19.4 Å². The fourth-order valence-electron chi connectivity index (χ4n) is 5.20. The van der Waals surface area contributed by atoms with Gasteiger partial charge in [-0.2, -0.15) is 0 Å². The van der Waals surface area contributed by atoms with Gasteiger partial charge in [-0.25, -0.2) is 14.3 Å². The van der Waals surface area contributed by atoms with Crippen LogP contribution in [0.4, 0.5) is 0 Å². The molecule has 3 aromatic heterocycles. The SMILES string of the molecule is COc1ccccc1[C@H](Cn1c(=O)n(C(C)(C)C(=O)NC2CCC2)c(=O)c2c(C)c(-c3ncco3)sc21)OC(C)C. The van der Waals surface area contributed by atoms with E-state index in [0.29, 0.717) is 32.3 Å². The van der Waals surface area contributed by atoms with Crippen molar-refractivity contribution in [2.45, 2.75) is 84.2 Å². The second-order valence-corrected chi connectivity index (χ2v) is 12.2. The lowest BCUT2D eigenvalue weighted by Gasteiger charge is -2.33. The van der Waals surface area contributed by atoms with Crippen molar-refractivity contribution in [1.29, 1.82) is 0 Å². The average molecular weight is 581 g/mol. The molecule has 0 saturated heterocycles. The first-order chi connectivity index (χ1) is 19.5. The van der Waals surface area contributed by atoms with Gasteiger partial charge in [0.1, 0.15) is 28.5 Å². The van der Waals surface area contributed by atoms with E-state index < -0.39 is 22.9 Å². The number of aromatic nitrogens is 3. The lowest BCUT2D eigenvalue weighted by Crippen LogP contribution is -2.57. The van der Waals surface area contributed by atoms with Crippen molar-refractivity contribution in [2.75, 3.05) is 7.11 Å². The average Bonchev–Trinajstić information content (AvgIpc) is 3.55. The molecule has 1 amide bonds. The molecule has 0 radical (unpaired) electrons. The Morgan fingerprint density at radius 1 is 1.24 bits per heavy atom. The summed E-state index contributed by atoms with van der Waals surface area (Å²) in [7, 11) is 1.59. The van der Waals surface area contributed by atoms with Crippen molar-refractivity contribution in [3.63, 3.8) is 0 Å². The third-order valence-corrected chi connectivity index (χ3v) is 8.97. The maximum absolute atomic E-state index is 14.4. The zero-order valence-corrected chi connectivity index (χ0v) is 25.0. The molecule has 1 saturated carbocycles. The molecular weight excluding hydrogens is 544 g/mol. The van der Waals surface area contributed by atoms with E-state index in [0.717, 1.165) is 29.4 Å². The standard InChI is InChI=1S/C30H36N4O6S/c1-17(2)40-22(20-12-7-8-13-21(20)38-6)16-33-27-23(18(3)24(41-27)25-31-14-15-39-25)26(35)34(29(33)37)30(4,5)28(36)32-19-10-9-11-19/h7-8,12-15,17,19,22H,9-11,16H2,1-6H3,(H,32,36)/t22-/m0/s1. The van der Waals surface area contributed by atoms with Crippen LogP contribution in [-0.4, -0.2) is 39.3 Å². The Kier molecular flexibility index (Phi) is 7.93. The van der Waals surface area contributed by atoms with Crippen LogP contribution in [0.15, 0.2) is 50.7 Å². The largest absolute Gasteiger partial charge is 0.496 e. The topological polar surface area (TPSA) is 118 Å². The van der Waals surface area contributed by atoms with Gasteiger partial charge < -0.3 is 19.2 Å². The molecule has 1 aliphatic rings. The van der Waals surface area contributed by atoms with E-state index in [-0.39, 0.29) is 24.6 Å². The molecule has 0 aliphatic heterocycles. The number of methoxy groups -OCH3 is 1. The molecule has 1 atom stereocenters. The van der Waals surface area contributed by atoms with Gasteiger partial charge in [0.25, 0.3) is 5.56 Å². The van der Waals surface area contributed by atoms with Crippen LogP contribution in [0.3, 0.4) is 0 Å². The van der Waals surface area contributed by atoms with Crippen molar-refractivity contribution >= 4 is 27.5 Å². The second-order valence-electron chi connectivity index (χ2n) is 11.2. The molecule has 5 rings (SSSR count). The normalized spacial score (nSPS) is 14.8. The molecule has 1 aromatic carbocycles. The maximum atomic E-state index is 14.4. The number of aryl methyl sites for hydroxylation is 1. The fourth-order valence-corrected chi connectivity index (χ4v) is 6.44. The van der Waals surface area contributed by atoms with Crippen molar-refractivity contribution in [3.05, 3.63) is 68.7 Å². The van der Waals surface area contributed by atoms with E-state index in [1.165, 1.54) is 23.8 Å². The van der Waals surface area contributed by atoms with E-state index in [4.69, 9.17) is 13.9 Å². The molecule has 41 heavy (non-hydrogen) atoms. The third kappa shape index (κ3) is 5.24. The number of oxazole rings is 1. The Bertz CT molecular complexity index is 1680. The number of thiophene rings is 1. The Morgan fingerprint density at radius 3 is 2.59 bits per heavy atom. The van der Waals surface area contributed by atoms with Gasteiger partial charge >= 0.3 is 5.69 Å². The summed E-state index contributed by atoms with van der Waals surface area (Å²) < 4.78 is 20.2. The minimum Gasteiger partial charge on any atom is -0.496 e. The summed E-state index contributed by atoms with van der Waals surface area (Å²) in [5.41, 5.74) is -1.17. The maximum Gasteiger partial charge on any atom is 0.333 e.